The van der Waals surface area contributed by atoms with E-state index in [0.29, 0.717) is 12.2 Å². The molecular formula is C21H23F3N4. The van der Waals surface area contributed by atoms with Gasteiger partial charge >= 0.3 is 6.18 Å². The van der Waals surface area contributed by atoms with Gasteiger partial charge in [-0.3, -0.25) is 0 Å². The van der Waals surface area contributed by atoms with Crippen molar-refractivity contribution in [1.82, 2.24) is 9.55 Å². The van der Waals surface area contributed by atoms with Crippen molar-refractivity contribution < 1.29 is 13.2 Å². The van der Waals surface area contributed by atoms with Crippen LogP contribution in [0.1, 0.15) is 49.9 Å². The molecule has 0 aliphatic heterocycles. The summed E-state index contributed by atoms with van der Waals surface area (Å²) in [7, 11) is 0. The van der Waals surface area contributed by atoms with Gasteiger partial charge in [0, 0.05) is 24.8 Å². The van der Waals surface area contributed by atoms with Crippen molar-refractivity contribution in [2.45, 2.75) is 51.9 Å². The fourth-order valence-electron chi connectivity index (χ4n) is 3.90. The number of aryl methyl sites for hydroxylation is 1. The molecule has 1 heterocycles. The molecule has 4 nitrogen and oxygen atoms in total. The summed E-state index contributed by atoms with van der Waals surface area (Å²) in [6, 6.07) is 5.74. The SMILES string of the molecule is CCN(c1ccc(C#N)c(C(F)(F)F)c1)C1CCC=C(c2cncn2CC)C1. The molecule has 1 aliphatic rings. The van der Waals surface area contributed by atoms with Crippen molar-refractivity contribution in [2.24, 2.45) is 0 Å². The molecule has 7 heteroatoms. The molecule has 1 atom stereocenters. The first-order valence-corrected chi connectivity index (χ1v) is 9.46. The van der Waals surface area contributed by atoms with E-state index in [1.165, 1.54) is 11.6 Å². The molecular weight excluding hydrogens is 365 g/mol. The fraction of sp³-hybridized carbons (Fsp3) is 0.429. The summed E-state index contributed by atoms with van der Waals surface area (Å²) in [6.45, 7) is 5.41. The molecule has 148 valence electrons. The second-order valence-corrected chi connectivity index (χ2v) is 6.86. The number of hydrogen-bond donors (Lipinski definition) is 0. The van der Waals surface area contributed by atoms with E-state index in [1.807, 2.05) is 18.0 Å². The van der Waals surface area contributed by atoms with Crippen LogP contribution in [-0.4, -0.2) is 22.1 Å². The largest absolute Gasteiger partial charge is 0.417 e. The Labute approximate surface area is 162 Å². The number of alkyl halides is 3. The third-order valence-corrected chi connectivity index (χ3v) is 5.27. The molecule has 0 N–H and O–H groups in total. The Kier molecular flexibility index (Phi) is 5.78. The molecule has 2 aromatic rings. The summed E-state index contributed by atoms with van der Waals surface area (Å²) in [6.07, 6.45) is 3.79. The molecule has 0 spiro atoms. The highest BCUT2D eigenvalue weighted by molar-refractivity contribution is 5.65. The van der Waals surface area contributed by atoms with Crippen LogP contribution in [0.2, 0.25) is 0 Å². The summed E-state index contributed by atoms with van der Waals surface area (Å²) >= 11 is 0. The van der Waals surface area contributed by atoms with E-state index in [9.17, 15) is 13.2 Å². The molecule has 3 rings (SSSR count). The lowest BCUT2D eigenvalue weighted by molar-refractivity contribution is -0.137. The Bertz CT molecular complexity index is 905. The number of imidazole rings is 1. The van der Waals surface area contributed by atoms with E-state index in [4.69, 9.17) is 5.26 Å². The van der Waals surface area contributed by atoms with Gasteiger partial charge in [-0.25, -0.2) is 4.98 Å². The average molecular weight is 388 g/mol. The number of nitrogens with zero attached hydrogens (tertiary/aromatic N) is 4. The molecule has 0 bridgehead atoms. The van der Waals surface area contributed by atoms with Crippen molar-refractivity contribution in [3.8, 4) is 6.07 Å². The molecule has 0 saturated heterocycles. The zero-order chi connectivity index (χ0) is 20.3. The lowest BCUT2D eigenvalue weighted by Crippen LogP contribution is -2.37. The monoisotopic (exact) mass is 388 g/mol. The lowest BCUT2D eigenvalue weighted by atomic mass is 9.91. The predicted molar refractivity (Wildman–Crippen MR) is 103 cm³/mol. The minimum atomic E-state index is -4.55. The van der Waals surface area contributed by atoms with Crippen LogP contribution in [0.25, 0.3) is 5.57 Å². The van der Waals surface area contributed by atoms with E-state index in [-0.39, 0.29) is 11.6 Å². The number of allylic oxidation sites excluding steroid dienone is 1. The lowest BCUT2D eigenvalue weighted by Gasteiger charge is -2.36. The fourth-order valence-corrected chi connectivity index (χ4v) is 3.90. The molecule has 1 aliphatic carbocycles. The summed E-state index contributed by atoms with van der Waals surface area (Å²) < 4.78 is 42.2. The van der Waals surface area contributed by atoms with Crippen molar-refractivity contribution in [3.63, 3.8) is 0 Å². The average Bonchev–Trinajstić information content (AvgIpc) is 3.17. The predicted octanol–water partition coefficient (Wildman–Crippen LogP) is 5.26. The molecule has 28 heavy (non-hydrogen) atoms. The quantitative estimate of drug-likeness (QED) is 0.702. The first-order valence-electron chi connectivity index (χ1n) is 9.46. The van der Waals surface area contributed by atoms with Gasteiger partial charge < -0.3 is 9.47 Å². The molecule has 0 saturated carbocycles. The van der Waals surface area contributed by atoms with E-state index in [0.717, 1.165) is 37.6 Å². The van der Waals surface area contributed by atoms with Crippen LogP contribution in [0, 0.1) is 11.3 Å². The maximum atomic E-state index is 13.4. The van der Waals surface area contributed by atoms with Crippen LogP contribution in [0.4, 0.5) is 18.9 Å². The zero-order valence-electron chi connectivity index (χ0n) is 16.0. The van der Waals surface area contributed by atoms with Crippen molar-refractivity contribution in [2.75, 3.05) is 11.4 Å². The minimum Gasteiger partial charge on any atom is -0.368 e. The van der Waals surface area contributed by atoms with Gasteiger partial charge in [0.05, 0.1) is 35.4 Å². The maximum Gasteiger partial charge on any atom is 0.417 e. The van der Waals surface area contributed by atoms with Crippen LogP contribution in [0.15, 0.2) is 36.8 Å². The molecule has 0 fully saturated rings. The molecule has 1 aromatic heterocycles. The number of rotatable bonds is 5. The van der Waals surface area contributed by atoms with Gasteiger partial charge in [-0.2, -0.15) is 18.4 Å². The van der Waals surface area contributed by atoms with Crippen LogP contribution in [0.3, 0.4) is 0 Å². The zero-order valence-corrected chi connectivity index (χ0v) is 16.0. The van der Waals surface area contributed by atoms with E-state index in [1.54, 1.807) is 18.5 Å². The van der Waals surface area contributed by atoms with Gasteiger partial charge in [0.1, 0.15) is 0 Å². The number of nitriles is 1. The van der Waals surface area contributed by atoms with Gasteiger partial charge in [0.25, 0.3) is 0 Å². The second-order valence-electron chi connectivity index (χ2n) is 6.86. The Morgan fingerprint density at radius 1 is 1.32 bits per heavy atom. The Morgan fingerprint density at radius 3 is 2.75 bits per heavy atom. The summed E-state index contributed by atoms with van der Waals surface area (Å²) in [4.78, 5) is 6.24. The smallest absolute Gasteiger partial charge is 0.368 e. The highest BCUT2D eigenvalue weighted by Gasteiger charge is 2.35. The number of aromatic nitrogens is 2. The summed E-state index contributed by atoms with van der Waals surface area (Å²) in [5.74, 6) is 0. The van der Waals surface area contributed by atoms with Crippen LogP contribution >= 0.6 is 0 Å². The normalized spacial score (nSPS) is 17.1. The maximum absolute atomic E-state index is 13.4. The highest BCUT2D eigenvalue weighted by Crippen LogP contribution is 2.37. The van der Waals surface area contributed by atoms with Gasteiger partial charge in [0.15, 0.2) is 0 Å². The topological polar surface area (TPSA) is 44.9 Å². The van der Waals surface area contributed by atoms with Crippen LogP contribution < -0.4 is 4.90 Å². The number of anilines is 1. The van der Waals surface area contributed by atoms with E-state index >= 15 is 0 Å². The number of benzene rings is 1. The minimum absolute atomic E-state index is 0.0965. The van der Waals surface area contributed by atoms with Crippen molar-refractivity contribution in [3.05, 3.63) is 53.6 Å². The molecule has 0 radical (unpaired) electrons. The van der Waals surface area contributed by atoms with Gasteiger partial charge in [-0.05, 0) is 56.9 Å². The third-order valence-electron chi connectivity index (χ3n) is 5.27. The first-order chi connectivity index (χ1) is 13.4. The Morgan fingerprint density at radius 2 is 2.11 bits per heavy atom. The molecule has 0 amide bonds. The number of halogens is 3. The Hall–Kier alpha value is -2.75. The second kappa shape index (κ2) is 8.09. The van der Waals surface area contributed by atoms with Gasteiger partial charge in [0.2, 0.25) is 0 Å². The molecule has 1 unspecified atom stereocenters. The standard InChI is InChI=1S/C21H23F3N4/c1-3-27-14-26-13-20(27)15-6-5-7-17(10-15)28(4-2)18-9-8-16(12-25)19(11-18)21(22,23)24/h6,8-9,11,13-14,17H,3-5,7,10H2,1-2H3. The van der Waals surface area contributed by atoms with E-state index < -0.39 is 11.7 Å². The molecule has 1 aromatic carbocycles. The Balaban J connectivity index is 1.90. The van der Waals surface area contributed by atoms with Crippen molar-refractivity contribution in [1.29, 1.82) is 5.26 Å². The van der Waals surface area contributed by atoms with Crippen LogP contribution in [0.5, 0.6) is 0 Å². The highest BCUT2D eigenvalue weighted by atomic mass is 19.4. The summed E-state index contributed by atoms with van der Waals surface area (Å²) in [5, 5.41) is 9.03. The van der Waals surface area contributed by atoms with Gasteiger partial charge in [-0.15, -0.1) is 0 Å². The van der Waals surface area contributed by atoms with Gasteiger partial charge in [-0.1, -0.05) is 6.08 Å². The summed E-state index contributed by atoms with van der Waals surface area (Å²) in [5.41, 5.74) is 1.53. The number of hydrogen-bond acceptors (Lipinski definition) is 3. The van der Waals surface area contributed by atoms with Crippen LogP contribution in [-0.2, 0) is 12.7 Å². The third kappa shape index (κ3) is 3.91. The van der Waals surface area contributed by atoms with Crippen molar-refractivity contribution >= 4 is 11.3 Å². The first kappa shape index (κ1) is 20.0. The van der Waals surface area contributed by atoms with E-state index in [2.05, 4.69) is 22.6 Å².